The van der Waals surface area contributed by atoms with Crippen molar-refractivity contribution in [2.75, 3.05) is 30.8 Å². The van der Waals surface area contributed by atoms with E-state index in [-0.39, 0.29) is 23.2 Å². The summed E-state index contributed by atoms with van der Waals surface area (Å²) in [5.74, 6) is 1.25. The minimum Gasteiger partial charge on any atom is -0.384 e. The molecule has 1 aliphatic heterocycles. The van der Waals surface area contributed by atoms with E-state index in [1.54, 1.807) is 38.1 Å². The summed E-state index contributed by atoms with van der Waals surface area (Å²) < 4.78 is 0. The third-order valence-electron chi connectivity index (χ3n) is 5.55. The first-order valence-electron chi connectivity index (χ1n) is 11.4. The summed E-state index contributed by atoms with van der Waals surface area (Å²) in [5.41, 5.74) is 1.87. The predicted molar refractivity (Wildman–Crippen MR) is 135 cm³/mol. The highest BCUT2D eigenvalue weighted by Gasteiger charge is 2.20. The van der Waals surface area contributed by atoms with E-state index < -0.39 is 5.60 Å². The van der Waals surface area contributed by atoms with Crippen molar-refractivity contribution in [2.45, 2.75) is 32.4 Å². The van der Waals surface area contributed by atoms with Crippen molar-refractivity contribution in [2.24, 2.45) is 0 Å². The average Bonchev–Trinajstić information content (AvgIpc) is 2.82. The number of fused-ring (bicyclic) bond motifs is 1. The van der Waals surface area contributed by atoms with Crippen LogP contribution in [0, 0.1) is 0 Å². The van der Waals surface area contributed by atoms with Gasteiger partial charge in [-0.1, -0.05) is 18.2 Å². The first-order chi connectivity index (χ1) is 16.7. The fraction of sp³-hybridized carbons (Fsp3) is 0.320. The zero-order chi connectivity index (χ0) is 25.0. The molecule has 0 aromatic carbocycles. The van der Waals surface area contributed by atoms with E-state index in [2.05, 4.69) is 55.5 Å². The zero-order valence-electron chi connectivity index (χ0n) is 20.2. The Bertz CT molecular complexity index is 1240. The van der Waals surface area contributed by atoms with E-state index in [0.29, 0.717) is 23.9 Å². The summed E-state index contributed by atoms with van der Waals surface area (Å²) in [5, 5.41) is 19.3. The molecular weight excluding hydrogens is 444 g/mol. The van der Waals surface area contributed by atoms with E-state index in [1.807, 2.05) is 6.07 Å². The molecule has 4 N–H and O–H groups in total. The van der Waals surface area contributed by atoms with Crippen LogP contribution in [0.4, 0.5) is 23.4 Å². The highest BCUT2D eigenvalue weighted by atomic mass is 16.3. The minimum atomic E-state index is -1.12. The molecule has 0 bridgehead atoms. The normalized spacial score (nSPS) is 13.6. The topological polar surface area (TPSA) is 128 Å². The lowest BCUT2D eigenvalue weighted by Gasteiger charge is -2.24. The van der Waals surface area contributed by atoms with Gasteiger partial charge in [0.1, 0.15) is 28.6 Å². The van der Waals surface area contributed by atoms with Crippen molar-refractivity contribution in [3.63, 3.8) is 0 Å². The highest BCUT2D eigenvalue weighted by molar-refractivity contribution is 5.99. The van der Waals surface area contributed by atoms with Crippen molar-refractivity contribution in [1.82, 2.24) is 30.2 Å². The molecule has 0 atom stereocenters. The molecule has 182 valence electrons. The fourth-order valence-electron chi connectivity index (χ4n) is 3.65. The Balaban J connectivity index is 1.64. The lowest BCUT2D eigenvalue weighted by Crippen LogP contribution is -2.27. The van der Waals surface area contributed by atoms with Gasteiger partial charge in [0.15, 0.2) is 0 Å². The SMILES string of the molecule is C=CCNC(=O)c1cnc(Nc2ccc3c(n2)CN(C)CC3)nc1Nc1cccc(C(C)(C)O)n1. The molecule has 0 aliphatic carbocycles. The summed E-state index contributed by atoms with van der Waals surface area (Å²) in [4.78, 5) is 33.0. The maximum absolute atomic E-state index is 12.7. The first kappa shape index (κ1) is 24.2. The molecule has 0 unspecified atom stereocenters. The Morgan fingerprint density at radius 1 is 1.17 bits per heavy atom. The highest BCUT2D eigenvalue weighted by Crippen LogP contribution is 2.24. The van der Waals surface area contributed by atoms with E-state index in [9.17, 15) is 9.90 Å². The van der Waals surface area contributed by atoms with Gasteiger partial charge in [0.2, 0.25) is 5.95 Å². The lowest BCUT2D eigenvalue weighted by atomic mass is 10.1. The van der Waals surface area contributed by atoms with Crippen LogP contribution < -0.4 is 16.0 Å². The number of aliphatic hydroxyl groups is 1. The van der Waals surface area contributed by atoms with E-state index in [4.69, 9.17) is 4.98 Å². The summed E-state index contributed by atoms with van der Waals surface area (Å²) in [6.07, 6.45) is 4.01. The van der Waals surface area contributed by atoms with Crippen LogP contribution in [0.1, 0.15) is 41.2 Å². The van der Waals surface area contributed by atoms with Crippen LogP contribution in [-0.2, 0) is 18.6 Å². The Labute approximate surface area is 204 Å². The number of carbonyl (C=O) groups excluding carboxylic acids is 1. The van der Waals surface area contributed by atoms with Crippen LogP contribution in [0.5, 0.6) is 0 Å². The molecule has 3 aromatic heterocycles. The van der Waals surface area contributed by atoms with Crippen LogP contribution in [-0.4, -0.2) is 56.0 Å². The van der Waals surface area contributed by atoms with Gasteiger partial charge in [-0.2, -0.15) is 4.98 Å². The van der Waals surface area contributed by atoms with Crippen LogP contribution in [0.25, 0.3) is 0 Å². The second kappa shape index (κ2) is 10.2. The van der Waals surface area contributed by atoms with Gasteiger partial charge in [0.25, 0.3) is 5.91 Å². The molecular formula is C25H30N8O2. The third-order valence-corrected chi connectivity index (χ3v) is 5.55. The van der Waals surface area contributed by atoms with Gasteiger partial charge in [-0.3, -0.25) is 4.79 Å². The molecule has 0 spiro atoms. The number of likely N-dealkylation sites (N-methyl/N-ethyl adjacent to an activating group) is 1. The van der Waals surface area contributed by atoms with Gasteiger partial charge in [0, 0.05) is 25.8 Å². The van der Waals surface area contributed by atoms with Crippen molar-refractivity contribution < 1.29 is 9.90 Å². The van der Waals surface area contributed by atoms with E-state index in [1.165, 1.54) is 11.8 Å². The second-order valence-electron chi connectivity index (χ2n) is 8.96. The molecule has 1 aliphatic rings. The van der Waals surface area contributed by atoms with Gasteiger partial charge in [-0.15, -0.1) is 6.58 Å². The molecule has 0 saturated carbocycles. The molecule has 0 fully saturated rings. The first-order valence-corrected chi connectivity index (χ1v) is 11.4. The number of rotatable bonds is 8. The van der Waals surface area contributed by atoms with E-state index in [0.717, 1.165) is 25.2 Å². The number of aromatic nitrogens is 4. The van der Waals surface area contributed by atoms with Crippen molar-refractivity contribution >= 4 is 29.3 Å². The molecule has 0 radical (unpaired) electrons. The number of amides is 1. The largest absolute Gasteiger partial charge is 0.384 e. The Kier molecular flexibility index (Phi) is 7.04. The second-order valence-corrected chi connectivity index (χ2v) is 8.96. The average molecular weight is 475 g/mol. The number of nitrogens with one attached hydrogen (secondary N) is 3. The van der Waals surface area contributed by atoms with Crippen molar-refractivity contribution in [3.05, 3.63) is 71.7 Å². The number of pyridine rings is 2. The van der Waals surface area contributed by atoms with Gasteiger partial charge in [0.05, 0.1) is 11.4 Å². The van der Waals surface area contributed by atoms with Gasteiger partial charge in [-0.05, 0) is 51.1 Å². The Morgan fingerprint density at radius 2 is 1.97 bits per heavy atom. The Hall–Kier alpha value is -3.89. The van der Waals surface area contributed by atoms with Gasteiger partial charge >= 0.3 is 0 Å². The van der Waals surface area contributed by atoms with Crippen LogP contribution in [0.2, 0.25) is 0 Å². The van der Waals surface area contributed by atoms with Crippen molar-refractivity contribution in [1.29, 1.82) is 0 Å². The maximum Gasteiger partial charge on any atom is 0.256 e. The number of anilines is 4. The summed E-state index contributed by atoms with van der Waals surface area (Å²) in [7, 11) is 2.07. The summed E-state index contributed by atoms with van der Waals surface area (Å²) >= 11 is 0. The number of carbonyl (C=O) groups is 1. The smallest absolute Gasteiger partial charge is 0.256 e. The lowest BCUT2D eigenvalue weighted by molar-refractivity contribution is 0.0740. The van der Waals surface area contributed by atoms with Crippen LogP contribution in [0.3, 0.4) is 0 Å². The Morgan fingerprint density at radius 3 is 2.74 bits per heavy atom. The zero-order valence-corrected chi connectivity index (χ0v) is 20.2. The molecule has 10 nitrogen and oxygen atoms in total. The molecule has 10 heteroatoms. The van der Waals surface area contributed by atoms with Crippen molar-refractivity contribution in [3.8, 4) is 0 Å². The molecule has 4 heterocycles. The summed E-state index contributed by atoms with van der Waals surface area (Å²) in [6.45, 7) is 9.04. The number of hydrogen-bond donors (Lipinski definition) is 4. The third kappa shape index (κ3) is 5.97. The summed E-state index contributed by atoms with van der Waals surface area (Å²) in [6, 6.07) is 9.21. The molecule has 3 aromatic rings. The van der Waals surface area contributed by atoms with Crippen LogP contribution >= 0.6 is 0 Å². The van der Waals surface area contributed by atoms with Crippen LogP contribution in [0.15, 0.2) is 49.2 Å². The monoisotopic (exact) mass is 474 g/mol. The quantitative estimate of drug-likeness (QED) is 0.364. The standard InChI is InChI=1S/C25H30N8O2/c1-5-12-26-23(34)17-14-27-24(31-21-10-9-16-11-13-33(4)15-18(16)28-21)32-22(17)30-20-8-6-7-19(29-20)25(2,3)35/h5-10,14,35H,1,11-13,15H2,2-4H3,(H,26,34)(H2,27,28,29,30,31,32). The fourth-order valence-corrected chi connectivity index (χ4v) is 3.65. The molecule has 1 amide bonds. The predicted octanol–water partition coefficient (Wildman–Crippen LogP) is 2.88. The minimum absolute atomic E-state index is 0.243. The maximum atomic E-state index is 12.7. The van der Waals surface area contributed by atoms with Gasteiger partial charge in [-0.25, -0.2) is 15.0 Å². The molecule has 35 heavy (non-hydrogen) atoms. The van der Waals surface area contributed by atoms with E-state index >= 15 is 0 Å². The number of nitrogens with zero attached hydrogens (tertiary/aromatic N) is 5. The van der Waals surface area contributed by atoms with Gasteiger partial charge < -0.3 is 26.0 Å². The number of hydrogen-bond acceptors (Lipinski definition) is 9. The molecule has 4 rings (SSSR count). The molecule has 0 saturated heterocycles.